The Labute approximate surface area is 111 Å². The first-order valence-electron chi connectivity index (χ1n) is 4.99. The molecule has 0 atom stereocenters. The van der Waals surface area contributed by atoms with E-state index in [0.717, 1.165) is 0 Å². The number of hydrogen-bond acceptors (Lipinski definition) is 3. The Morgan fingerprint density at radius 2 is 2.11 bits per heavy atom. The molecule has 0 amide bonds. The molecule has 0 aliphatic heterocycles. The third-order valence-electron chi connectivity index (χ3n) is 2.19. The SMILES string of the molecule is N=C(N)c1ccncc1Oc1cc(Br)ccc1F. The van der Waals surface area contributed by atoms with Crippen LogP contribution in [0.5, 0.6) is 11.5 Å². The van der Waals surface area contributed by atoms with E-state index in [1.165, 1.54) is 30.6 Å². The molecule has 2 aromatic rings. The fourth-order valence-electron chi connectivity index (χ4n) is 1.36. The lowest BCUT2D eigenvalue weighted by atomic mass is 10.2. The van der Waals surface area contributed by atoms with E-state index in [4.69, 9.17) is 15.9 Å². The quantitative estimate of drug-likeness (QED) is 0.676. The van der Waals surface area contributed by atoms with E-state index >= 15 is 0 Å². The molecule has 0 fully saturated rings. The number of benzene rings is 1. The van der Waals surface area contributed by atoms with Gasteiger partial charge in [-0.25, -0.2) is 4.39 Å². The number of rotatable bonds is 3. The normalized spacial score (nSPS) is 10.1. The average molecular weight is 310 g/mol. The molecule has 0 bridgehead atoms. The van der Waals surface area contributed by atoms with Crippen molar-refractivity contribution in [2.75, 3.05) is 0 Å². The van der Waals surface area contributed by atoms with Gasteiger partial charge in [0.15, 0.2) is 17.3 Å². The molecule has 0 saturated carbocycles. The molecule has 1 aromatic carbocycles. The zero-order chi connectivity index (χ0) is 13.1. The molecule has 6 heteroatoms. The van der Waals surface area contributed by atoms with Crippen LogP contribution in [-0.4, -0.2) is 10.8 Å². The van der Waals surface area contributed by atoms with Crippen molar-refractivity contribution in [3.63, 3.8) is 0 Å². The topological polar surface area (TPSA) is 72.0 Å². The van der Waals surface area contributed by atoms with E-state index in [-0.39, 0.29) is 17.3 Å². The number of hydrogen-bond donors (Lipinski definition) is 2. The van der Waals surface area contributed by atoms with Crippen molar-refractivity contribution in [3.8, 4) is 11.5 Å². The summed E-state index contributed by atoms with van der Waals surface area (Å²) in [5.74, 6) is -0.388. The van der Waals surface area contributed by atoms with E-state index in [1.54, 1.807) is 6.07 Å². The second-order valence-corrected chi connectivity index (χ2v) is 4.38. The summed E-state index contributed by atoms with van der Waals surface area (Å²) in [6.45, 7) is 0. The van der Waals surface area contributed by atoms with Gasteiger partial charge in [-0.3, -0.25) is 10.4 Å². The van der Waals surface area contributed by atoms with Crippen LogP contribution in [0.3, 0.4) is 0 Å². The first-order valence-corrected chi connectivity index (χ1v) is 5.78. The fourth-order valence-corrected chi connectivity index (χ4v) is 1.70. The van der Waals surface area contributed by atoms with Crippen molar-refractivity contribution in [2.24, 2.45) is 5.73 Å². The Morgan fingerprint density at radius 3 is 2.83 bits per heavy atom. The molecule has 18 heavy (non-hydrogen) atoms. The van der Waals surface area contributed by atoms with Crippen LogP contribution in [0.4, 0.5) is 4.39 Å². The lowest BCUT2D eigenvalue weighted by Gasteiger charge is -2.10. The first kappa shape index (κ1) is 12.5. The third kappa shape index (κ3) is 2.65. The van der Waals surface area contributed by atoms with Gasteiger partial charge in [0.25, 0.3) is 0 Å². The molecule has 1 aromatic heterocycles. The molecule has 0 unspecified atom stereocenters. The van der Waals surface area contributed by atoms with Crippen LogP contribution in [-0.2, 0) is 0 Å². The zero-order valence-corrected chi connectivity index (χ0v) is 10.7. The molecule has 4 nitrogen and oxygen atoms in total. The van der Waals surface area contributed by atoms with Crippen LogP contribution in [0.1, 0.15) is 5.56 Å². The molecular formula is C12H9BrFN3O. The molecule has 2 rings (SSSR count). The minimum atomic E-state index is -0.503. The van der Waals surface area contributed by atoms with Crippen LogP contribution < -0.4 is 10.5 Å². The summed E-state index contributed by atoms with van der Waals surface area (Å²) in [6, 6.07) is 5.88. The average Bonchev–Trinajstić information content (AvgIpc) is 2.34. The lowest BCUT2D eigenvalue weighted by Crippen LogP contribution is -2.12. The second-order valence-electron chi connectivity index (χ2n) is 3.46. The minimum absolute atomic E-state index is 0.0416. The Morgan fingerprint density at radius 1 is 1.33 bits per heavy atom. The minimum Gasteiger partial charge on any atom is -0.452 e. The summed E-state index contributed by atoms with van der Waals surface area (Å²) in [5, 5.41) is 7.40. The van der Waals surface area contributed by atoms with Crippen molar-refractivity contribution in [3.05, 3.63) is 52.5 Å². The monoisotopic (exact) mass is 309 g/mol. The van der Waals surface area contributed by atoms with Gasteiger partial charge in [0.2, 0.25) is 0 Å². The summed E-state index contributed by atoms with van der Waals surface area (Å²) in [4.78, 5) is 3.86. The van der Waals surface area contributed by atoms with Gasteiger partial charge in [-0.2, -0.15) is 0 Å². The van der Waals surface area contributed by atoms with Crippen LogP contribution in [0, 0.1) is 11.2 Å². The van der Waals surface area contributed by atoms with Gasteiger partial charge < -0.3 is 10.5 Å². The summed E-state index contributed by atoms with van der Waals surface area (Å²) in [6.07, 6.45) is 2.87. The van der Waals surface area contributed by atoms with Gasteiger partial charge in [-0.1, -0.05) is 15.9 Å². The summed E-state index contributed by atoms with van der Waals surface area (Å²) in [5.41, 5.74) is 5.77. The summed E-state index contributed by atoms with van der Waals surface area (Å²) >= 11 is 3.23. The maximum Gasteiger partial charge on any atom is 0.165 e. The van der Waals surface area contributed by atoms with Crippen LogP contribution in [0.25, 0.3) is 0 Å². The molecule has 1 heterocycles. The molecule has 92 valence electrons. The van der Waals surface area contributed by atoms with E-state index in [9.17, 15) is 4.39 Å². The number of nitrogen functional groups attached to an aromatic ring is 1. The Bertz CT molecular complexity index is 604. The summed E-state index contributed by atoms with van der Waals surface area (Å²) in [7, 11) is 0. The number of nitrogens with one attached hydrogen (secondary N) is 1. The zero-order valence-electron chi connectivity index (χ0n) is 9.15. The van der Waals surface area contributed by atoms with Gasteiger partial charge in [0, 0.05) is 10.7 Å². The van der Waals surface area contributed by atoms with Crippen LogP contribution >= 0.6 is 15.9 Å². The van der Waals surface area contributed by atoms with Crippen molar-refractivity contribution in [2.45, 2.75) is 0 Å². The maximum absolute atomic E-state index is 13.5. The van der Waals surface area contributed by atoms with Gasteiger partial charge in [0.1, 0.15) is 5.84 Å². The number of nitrogens with two attached hydrogens (primary N) is 1. The molecular weight excluding hydrogens is 301 g/mol. The predicted molar refractivity (Wildman–Crippen MR) is 69.4 cm³/mol. The maximum atomic E-state index is 13.5. The van der Waals surface area contributed by atoms with Gasteiger partial charge >= 0.3 is 0 Å². The van der Waals surface area contributed by atoms with Gasteiger partial charge in [0.05, 0.1) is 11.8 Å². The molecule has 0 aliphatic rings. The second kappa shape index (κ2) is 5.14. The van der Waals surface area contributed by atoms with E-state index in [0.29, 0.717) is 10.0 Å². The molecule has 0 spiro atoms. The standard InChI is InChI=1S/C12H9BrFN3O/c13-7-1-2-9(14)10(5-7)18-11-6-17-4-3-8(11)12(15)16/h1-6H,(H3,15,16). The van der Waals surface area contributed by atoms with E-state index in [2.05, 4.69) is 20.9 Å². The van der Waals surface area contributed by atoms with Crippen molar-refractivity contribution >= 4 is 21.8 Å². The first-order chi connectivity index (χ1) is 8.58. The van der Waals surface area contributed by atoms with E-state index < -0.39 is 5.82 Å². The summed E-state index contributed by atoms with van der Waals surface area (Å²) < 4.78 is 19.6. The fraction of sp³-hybridized carbons (Fsp3) is 0. The molecule has 3 N–H and O–H groups in total. The smallest absolute Gasteiger partial charge is 0.165 e. The molecule has 0 aliphatic carbocycles. The predicted octanol–water partition coefficient (Wildman–Crippen LogP) is 3.06. The molecule has 0 saturated heterocycles. The van der Waals surface area contributed by atoms with Crippen molar-refractivity contribution in [1.82, 2.24) is 4.98 Å². The number of nitrogens with zero attached hydrogens (tertiary/aromatic N) is 1. The highest BCUT2D eigenvalue weighted by molar-refractivity contribution is 9.10. The lowest BCUT2D eigenvalue weighted by molar-refractivity contribution is 0.439. The number of aromatic nitrogens is 1. The highest BCUT2D eigenvalue weighted by Crippen LogP contribution is 2.28. The third-order valence-corrected chi connectivity index (χ3v) is 2.68. The highest BCUT2D eigenvalue weighted by atomic mass is 79.9. The van der Waals surface area contributed by atoms with Crippen molar-refractivity contribution < 1.29 is 9.13 Å². The van der Waals surface area contributed by atoms with Gasteiger partial charge in [-0.05, 0) is 24.3 Å². The van der Waals surface area contributed by atoms with Gasteiger partial charge in [-0.15, -0.1) is 0 Å². The highest BCUT2D eigenvalue weighted by Gasteiger charge is 2.10. The number of ether oxygens (including phenoxy) is 1. The van der Waals surface area contributed by atoms with Crippen molar-refractivity contribution in [1.29, 1.82) is 5.41 Å². The van der Waals surface area contributed by atoms with Crippen LogP contribution in [0.15, 0.2) is 41.1 Å². The number of amidine groups is 1. The van der Waals surface area contributed by atoms with Crippen LogP contribution in [0.2, 0.25) is 0 Å². The Balaban J connectivity index is 2.40. The molecule has 0 radical (unpaired) electrons. The Kier molecular flexibility index (Phi) is 3.57. The largest absolute Gasteiger partial charge is 0.452 e. The number of pyridine rings is 1. The van der Waals surface area contributed by atoms with E-state index in [1.807, 2.05) is 0 Å². The Hall–Kier alpha value is -1.95. The number of halogens is 2.